The Morgan fingerprint density at radius 1 is 1.26 bits per heavy atom. The van der Waals surface area contributed by atoms with Crippen molar-refractivity contribution in [2.75, 3.05) is 12.8 Å². The minimum atomic E-state index is -0.171. The number of hydrogen-bond donors (Lipinski definition) is 1. The SMILES string of the molecule is Cc1ccccc1CN(C)C(=O)c1cnc(N)cn1. The molecule has 2 aromatic rings. The average molecular weight is 256 g/mol. The van der Waals surface area contributed by atoms with Crippen molar-refractivity contribution < 1.29 is 4.79 Å². The van der Waals surface area contributed by atoms with E-state index in [0.29, 0.717) is 18.1 Å². The minimum absolute atomic E-state index is 0.171. The molecule has 0 saturated heterocycles. The van der Waals surface area contributed by atoms with Gasteiger partial charge in [0.15, 0.2) is 0 Å². The Hall–Kier alpha value is -2.43. The predicted octanol–water partition coefficient (Wildman–Crippen LogP) is 1.64. The van der Waals surface area contributed by atoms with Crippen LogP contribution < -0.4 is 5.73 Å². The van der Waals surface area contributed by atoms with E-state index < -0.39 is 0 Å². The van der Waals surface area contributed by atoms with Crippen LogP contribution in [0.4, 0.5) is 5.82 Å². The summed E-state index contributed by atoms with van der Waals surface area (Å²) in [5.74, 6) is 0.133. The highest BCUT2D eigenvalue weighted by molar-refractivity contribution is 5.91. The molecular weight excluding hydrogens is 240 g/mol. The van der Waals surface area contributed by atoms with Crippen molar-refractivity contribution in [1.29, 1.82) is 0 Å². The van der Waals surface area contributed by atoms with Crippen LogP contribution in [0.2, 0.25) is 0 Å². The molecule has 1 aromatic carbocycles. The monoisotopic (exact) mass is 256 g/mol. The third kappa shape index (κ3) is 3.07. The summed E-state index contributed by atoms with van der Waals surface area (Å²) in [6, 6.07) is 7.97. The highest BCUT2D eigenvalue weighted by Gasteiger charge is 2.14. The lowest BCUT2D eigenvalue weighted by molar-refractivity contribution is 0.0778. The Labute approximate surface area is 112 Å². The fourth-order valence-corrected chi connectivity index (χ4v) is 1.76. The summed E-state index contributed by atoms with van der Waals surface area (Å²) in [4.78, 5) is 21.6. The second-order valence-corrected chi connectivity index (χ2v) is 4.41. The normalized spacial score (nSPS) is 10.2. The first-order valence-corrected chi connectivity index (χ1v) is 5.95. The molecule has 0 radical (unpaired) electrons. The maximum atomic E-state index is 12.2. The van der Waals surface area contributed by atoms with Gasteiger partial charge in [0.05, 0.1) is 12.4 Å². The molecule has 0 fully saturated rings. The summed E-state index contributed by atoms with van der Waals surface area (Å²) in [6.45, 7) is 2.56. The van der Waals surface area contributed by atoms with E-state index in [1.807, 2.05) is 31.2 Å². The highest BCUT2D eigenvalue weighted by Crippen LogP contribution is 2.11. The van der Waals surface area contributed by atoms with Crippen LogP contribution in [0, 0.1) is 6.92 Å². The first kappa shape index (κ1) is 13.0. The molecule has 0 unspecified atom stereocenters. The van der Waals surface area contributed by atoms with Gasteiger partial charge in [-0.25, -0.2) is 9.97 Å². The zero-order chi connectivity index (χ0) is 13.8. The van der Waals surface area contributed by atoms with Crippen molar-refractivity contribution in [3.8, 4) is 0 Å². The lowest BCUT2D eigenvalue weighted by Gasteiger charge is -2.17. The van der Waals surface area contributed by atoms with E-state index in [1.54, 1.807) is 11.9 Å². The van der Waals surface area contributed by atoms with Crippen LogP contribution in [0.25, 0.3) is 0 Å². The van der Waals surface area contributed by atoms with E-state index in [1.165, 1.54) is 12.4 Å². The number of anilines is 1. The van der Waals surface area contributed by atoms with Gasteiger partial charge >= 0.3 is 0 Å². The topological polar surface area (TPSA) is 72.1 Å². The van der Waals surface area contributed by atoms with Gasteiger partial charge in [0.1, 0.15) is 11.5 Å². The van der Waals surface area contributed by atoms with Gasteiger partial charge in [-0.05, 0) is 18.1 Å². The van der Waals surface area contributed by atoms with Crippen LogP contribution in [-0.4, -0.2) is 27.8 Å². The van der Waals surface area contributed by atoms with Crippen LogP contribution >= 0.6 is 0 Å². The molecule has 1 aromatic heterocycles. The van der Waals surface area contributed by atoms with Crippen molar-refractivity contribution in [2.24, 2.45) is 0 Å². The van der Waals surface area contributed by atoms with Gasteiger partial charge in [-0.1, -0.05) is 24.3 Å². The second-order valence-electron chi connectivity index (χ2n) is 4.41. The first-order chi connectivity index (χ1) is 9.08. The number of rotatable bonds is 3. The van der Waals surface area contributed by atoms with Gasteiger partial charge in [-0.3, -0.25) is 4.79 Å². The predicted molar refractivity (Wildman–Crippen MR) is 73.4 cm³/mol. The van der Waals surface area contributed by atoms with Gasteiger partial charge in [0, 0.05) is 13.6 Å². The maximum Gasteiger partial charge on any atom is 0.274 e. The van der Waals surface area contributed by atoms with Crippen molar-refractivity contribution in [1.82, 2.24) is 14.9 Å². The van der Waals surface area contributed by atoms with Crippen molar-refractivity contribution in [3.63, 3.8) is 0 Å². The molecule has 1 heterocycles. The lowest BCUT2D eigenvalue weighted by Crippen LogP contribution is -2.27. The van der Waals surface area contributed by atoms with E-state index in [2.05, 4.69) is 9.97 Å². The van der Waals surface area contributed by atoms with E-state index in [-0.39, 0.29) is 5.91 Å². The lowest BCUT2D eigenvalue weighted by atomic mass is 10.1. The molecule has 0 spiro atoms. The molecule has 5 nitrogen and oxygen atoms in total. The number of nitrogen functional groups attached to an aromatic ring is 1. The molecule has 5 heteroatoms. The minimum Gasteiger partial charge on any atom is -0.382 e. The van der Waals surface area contributed by atoms with Crippen LogP contribution in [0.1, 0.15) is 21.6 Å². The number of hydrogen-bond acceptors (Lipinski definition) is 4. The smallest absolute Gasteiger partial charge is 0.274 e. The van der Waals surface area contributed by atoms with Crippen LogP contribution in [0.3, 0.4) is 0 Å². The molecule has 0 aliphatic rings. The summed E-state index contributed by atoms with van der Waals surface area (Å²) in [5, 5.41) is 0. The number of aryl methyl sites for hydroxylation is 1. The molecule has 2 rings (SSSR count). The zero-order valence-electron chi connectivity index (χ0n) is 11.0. The number of carbonyl (C=O) groups is 1. The van der Waals surface area contributed by atoms with Crippen molar-refractivity contribution >= 4 is 11.7 Å². The summed E-state index contributed by atoms with van der Waals surface area (Å²) in [5.41, 5.74) is 8.02. The maximum absolute atomic E-state index is 12.2. The summed E-state index contributed by atoms with van der Waals surface area (Å²) in [7, 11) is 1.74. The largest absolute Gasteiger partial charge is 0.382 e. The average Bonchev–Trinajstić information content (AvgIpc) is 2.41. The highest BCUT2D eigenvalue weighted by atomic mass is 16.2. The third-order valence-corrected chi connectivity index (χ3v) is 2.91. The third-order valence-electron chi connectivity index (χ3n) is 2.91. The number of nitrogens with zero attached hydrogens (tertiary/aromatic N) is 3. The fraction of sp³-hybridized carbons (Fsp3) is 0.214. The molecule has 1 amide bonds. The van der Waals surface area contributed by atoms with Crippen molar-refractivity contribution in [3.05, 3.63) is 53.5 Å². The van der Waals surface area contributed by atoms with Crippen LogP contribution in [0.15, 0.2) is 36.7 Å². The van der Waals surface area contributed by atoms with Gasteiger partial charge in [-0.15, -0.1) is 0 Å². The molecule has 0 saturated carbocycles. The van der Waals surface area contributed by atoms with E-state index in [0.717, 1.165) is 11.1 Å². The van der Waals surface area contributed by atoms with Gasteiger partial charge in [-0.2, -0.15) is 0 Å². The standard InChI is InChI=1S/C14H16N4O/c1-10-5-3-4-6-11(10)9-18(2)14(19)12-7-17-13(15)8-16-12/h3-8H,9H2,1-2H3,(H2,15,17). The Kier molecular flexibility index (Phi) is 3.75. The molecule has 0 aliphatic heterocycles. The van der Waals surface area contributed by atoms with Crippen molar-refractivity contribution in [2.45, 2.75) is 13.5 Å². The quantitative estimate of drug-likeness (QED) is 0.906. The number of amides is 1. The Balaban J connectivity index is 2.12. The van der Waals surface area contributed by atoms with Gasteiger partial charge < -0.3 is 10.6 Å². The van der Waals surface area contributed by atoms with Crippen LogP contribution in [0.5, 0.6) is 0 Å². The number of nitrogens with two attached hydrogens (primary N) is 1. The molecule has 0 aliphatic carbocycles. The second kappa shape index (κ2) is 5.48. The number of benzene rings is 1. The number of aromatic nitrogens is 2. The van der Waals surface area contributed by atoms with Crippen LogP contribution in [-0.2, 0) is 6.54 Å². The Morgan fingerprint density at radius 2 is 2.00 bits per heavy atom. The first-order valence-electron chi connectivity index (χ1n) is 5.95. The molecule has 0 atom stereocenters. The fourth-order valence-electron chi connectivity index (χ4n) is 1.76. The Bertz CT molecular complexity index is 580. The van der Waals surface area contributed by atoms with E-state index in [4.69, 9.17) is 5.73 Å². The van der Waals surface area contributed by atoms with Gasteiger partial charge in [0.25, 0.3) is 5.91 Å². The van der Waals surface area contributed by atoms with Gasteiger partial charge in [0.2, 0.25) is 0 Å². The zero-order valence-corrected chi connectivity index (χ0v) is 11.0. The van der Waals surface area contributed by atoms with E-state index in [9.17, 15) is 4.79 Å². The summed E-state index contributed by atoms with van der Waals surface area (Å²) >= 11 is 0. The number of carbonyl (C=O) groups excluding carboxylic acids is 1. The van der Waals surface area contributed by atoms with E-state index >= 15 is 0 Å². The molecule has 2 N–H and O–H groups in total. The molecule has 0 bridgehead atoms. The summed E-state index contributed by atoms with van der Waals surface area (Å²) in [6.07, 6.45) is 2.78. The molecular formula is C14H16N4O. The summed E-state index contributed by atoms with van der Waals surface area (Å²) < 4.78 is 0. The molecule has 19 heavy (non-hydrogen) atoms. The Morgan fingerprint density at radius 3 is 2.63 bits per heavy atom. The molecule has 98 valence electrons.